The molecule has 0 spiro atoms. The monoisotopic (exact) mass is 321 g/mol. The molecule has 7 heteroatoms. The van der Waals surface area contributed by atoms with Gasteiger partial charge < -0.3 is 25.4 Å². The van der Waals surface area contributed by atoms with Crippen LogP contribution in [0.3, 0.4) is 0 Å². The van der Waals surface area contributed by atoms with Crippen LogP contribution in [0.25, 0.3) is 0 Å². The van der Waals surface area contributed by atoms with Crippen LogP contribution in [0.1, 0.15) is 6.42 Å². The molecule has 126 valence electrons. The molecule has 0 aliphatic carbocycles. The number of ether oxygens (including phenoxy) is 2. The fraction of sp³-hybridized carbons (Fsp3) is 0.500. The second-order valence-corrected chi connectivity index (χ2v) is 5.47. The molecule has 2 rings (SSSR count). The second kappa shape index (κ2) is 8.50. The molecule has 0 bridgehead atoms. The van der Waals surface area contributed by atoms with E-state index in [9.17, 15) is 9.59 Å². The lowest BCUT2D eigenvalue weighted by Crippen LogP contribution is -2.48. The molecular formula is C16H23N3O4. The number of benzene rings is 1. The summed E-state index contributed by atoms with van der Waals surface area (Å²) in [7, 11) is 1.49. The number of rotatable bonds is 8. The van der Waals surface area contributed by atoms with Crippen molar-refractivity contribution in [3.63, 3.8) is 0 Å². The summed E-state index contributed by atoms with van der Waals surface area (Å²) in [5.74, 6) is 0.480. The predicted molar refractivity (Wildman–Crippen MR) is 84.9 cm³/mol. The van der Waals surface area contributed by atoms with Gasteiger partial charge in [-0.05, 0) is 12.1 Å². The van der Waals surface area contributed by atoms with Gasteiger partial charge in [0.1, 0.15) is 18.4 Å². The van der Waals surface area contributed by atoms with Crippen molar-refractivity contribution in [1.82, 2.24) is 10.2 Å². The molecular weight excluding hydrogens is 298 g/mol. The molecule has 1 saturated heterocycles. The largest absolute Gasteiger partial charge is 0.492 e. The number of hydrogen-bond acceptors (Lipinski definition) is 5. The van der Waals surface area contributed by atoms with E-state index in [1.807, 2.05) is 30.3 Å². The van der Waals surface area contributed by atoms with Crippen LogP contribution in [-0.4, -0.2) is 62.2 Å². The van der Waals surface area contributed by atoms with Gasteiger partial charge in [-0.15, -0.1) is 0 Å². The minimum atomic E-state index is -0.717. The summed E-state index contributed by atoms with van der Waals surface area (Å²) in [5.41, 5.74) is 5.66. The first kappa shape index (κ1) is 17.2. The number of nitrogens with two attached hydrogens (primary N) is 1. The zero-order valence-corrected chi connectivity index (χ0v) is 13.2. The van der Waals surface area contributed by atoms with Gasteiger partial charge in [0.05, 0.1) is 19.2 Å². The van der Waals surface area contributed by atoms with E-state index >= 15 is 0 Å². The average molecular weight is 321 g/mol. The van der Waals surface area contributed by atoms with Crippen LogP contribution >= 0.6 is 0 Å². The molecule has 1 aromatic carbocycles. The highest BCUT2D eigenvalue weighted by molar-refractivity contribution is 5.84. The first-order valence-corrected chi connectivity index (χ1v) is 7.60. The molecule has 2 amide bonds. The number of nitrogens with zero attached hydrogens (tertiary/aromatic N) is 1. The lowest BCUT2D eigenvalue weighted by atomic mass is 10.2. The average Bonchev–Trinajstić information content (AvgIpc) is 2.88. The fourth-order valence-electron chi connectivity index (χ4n) is 2.44. The Bertz CT molecular complexity index is 523. The van der Waals surface area contributed by atoms with Crippen molar-refractivity contribution in [2.45, 2.75) is 18.5 Å². The Kier molecular flexibility index (Phi) is 6.37. The van der Waals surface area contributed by atoms with Gasteiger partial charge in [0, 0.05) is 20.1 Å². The van der Waals surface area contributed by atoms with Crippen LogP contribution in [0.2, 0.25) is 0 Å². The van der Waals surface area contributed by atoms with Crippen molar-refractivity contribution >= 4 is 11.8 Å². The summed E-state index contributed by atoms with van der Waals surface area (Å²) >= 11 is 0. The van der Waals surface area contributed by atoms with Crippen LogP contribution in [0.4, 0.5) is 0 Å². The van der Waals surface area contributed by atoms with Crippen LogP contribution in [0.15, 0.2) is 30.3 Å². The van der Waals surface area contributed by atoms with Crippen LogP contribution in [0, 0.1) is 0 Å². The van der Waals surface area contributed by atoms with E-state index in [1.54, 1.807) is 4.90 Å². The number of carbonyl (C=O) groups is 2. The minimum absolute atomic E-state index is 0.00674. The molecule has 1 aliphatic rings. The number of carbonyl (C=O) groups excluding carboxylic acids is 2. The molecule has 2 unspecified atom stereocenters. The Morgan fingerprint density at radius 1 is 1.43 bits per heavy atom. The molecule has 2 atom stereocenters. The van der Waals surface area contributed by atoms with E-state index in [0.717, 1.165) is 5.75 Å². The molecule has 1 aliphatic heterocycles. The SMILES string of the molecule is COCC(N)C(=O)NC1CC(=O)N(CCOc2ccccc2)C1. The number of para-hydroxylation sites is 1. The maximum Gasteiger partial charge on any atom is 0.239 e. The van der Waals surface area contributed by atoms with Gasteiger partial charge in [-0.1, -0.05) is 18.2 Å². The molecule has 3 N–H and O–H groups in total. The molecule has 0 aromatic heterocycles. The van der Waals surface area contributed by atoms with E-state index < -0.39 is 6.04 Å². The van der Waals surface area contributed by atoms with Gasteiger partial charge in [0.2, 0.25) is 11.8 Å². The van der Waals surface area contributed by atoms with E-state index in [-0.39, 0.29) is 30.9 Å². The van der Waals surface area contributed by atoms with Crippen molar-refractivity contribution in [3.05, 3.63) is 30.3 Å². The molecule has 1 aromatic rings. The van der Waals surface area contributed by atoms with Crippen molar-refractivity contribution in [3.8, 4) is 5.75 Å². The third kappa shape index (κ3) is 5.22. The molecule has 1 heterocycles. The first-order valence-electron chi connectivity index (χ1n) is 7.60. The Morgan fingerprint density at radius 3 is 2.87 bits per heavy atom. The van der Waals surface area contributed by atoms with Gasteiger partial charge in [0.15, 0.2) is 0 Å². The highest BCUT2D eigenvalue weighted by Crippen LogP contribution is 2.12. The van der Waals surface area contributed by atoms with Crippen LogP contribution in [-0.2, 0) is 14.3 Å². The molecule has 1 fully saturated rings. The number of amides is 2. The Labute approximate surface area is 135 Å². The lowest BCUT2D eigenvalue weighted by molar-refractivity contribution is -0.128. The van der Waals surface area contributed by atoms with E-state index in [0.29, 0.717) is 19.7 Å². The minimum Gasteiger partial charge on any atom is -0.492 e. The third-order valence-electron chi connectivity index (χ3n) is 3.62. The van der Waals surface area contributed by atoms with Gasteiger partial charge >= 0.3 is 0 Å². The second-order valence-electron chi connectivity index (χ2n) is 5.47. The smallest absolute Gasteiger partial charge is 0.239 e. The summed E-state index contributed by atoms with van der Waals surface area (Å²) in [6.07, 6.45) is 0.288. The van der Waals surface area contributed by atoms with Gasteiger partial charge in [-0.25, -0.2) is 0 Å². The van der Waals surface area contributed by atoms with Gasteiger partial charge in [0.25, 0.3) is 0 Å². The van der Waals surface area contributed by atoms with Gasteiger partial charge in [-0.2, -0.15) is 0 Å². The van der Waals surface area contributed by atoms with Crippen molar-refractivity contribution in [2.24, 2.45) is 5.73 Å². The van der Waals surface area contributed by atoms with Crippen LogP contribution < -0.4 is 15.8 Å². The zero-order chi connectivity index (χ0) is 16.7. The summed E-state index contributed by atoms with van der Waals surface area (Å²) in [6, 6.07) is 8.51. The number of nitrogens with one attached hydrogen (secondary N) is 1. The summed E-state index contributed by atoms with van der Waals surface area (Å²) in [6.45, 7) is 1.54. The maximum atomic E-state index is 12.0. The number of hydrogen-bond donors (Lipinski definition) is 2. The first-order chi connectivity index (χ1) is 11.1. The molecule has 23 heavy (non-hydrogen) atoms. The normalized spacial score (nSPS) is 18.8. The Balaban J connectivity index is 1.73. The lowest BCUT2D eigenvalue weighted by Gasteiger charge is -2.18. The molecule has 7 nitrogen and oxygen atoms in total. The third-order valence-corrected chi connectivity index (χ3v) is 3.62. The molecule has 0 saturated carbocycles. The Hall–Kier alpha value is -2.12. The van der Waals surface area contributed by atoms with E-state index in [4.69, 9.17) is 15.2 Å². The quantitative estimate of drug-likeness (QED) is 0.689. The summed E-state index contributed by atoms with van der Waals surface area (Å²) < 4.78 is 10.4. The zero-order valence-electron chi connectivity index (χ0n) is 13.2. The summed E-state index contributed by atoms with van der Waals surface area (Å²) in [5, 5.41) is 2.78. The maximum absolute atomic E-state index is 12.0. The summed E-state index contributed by atoms with van der Waals surface area (Å²) in [4.78, 5) is 25.5. The predicted octanol–water partition coefficient (Wildman–Crippen LogP) is -0.244. The Morgan fingerprint density at radius 2 is 2.17 bits per heavy atom. The van der Waals surface area contributed by atoms with E-state index in [2.05, 4.69) is 5.32 Å². The van der Waals surface area contributed by atoms with Gasteiger partial charge in [-0.3, -0.25) is 9.59 Å². The highest BCUT2D eigenvalue weighted by Gasteiger charge is 2.31. The van der Waals surface area contributed by atoms with Crippen molar-refractivity contribution in [2.75, 3.05) is 33.4 Å². The number of likely N-dealkylation sites (tertiary alicyclic amines) is 1. The molecule has 0 radical (unpaired) electrons. The van der Waals surface area contributed by atoms with Crippen LogP contribution in [0.5, 0.6) is 5.75 Å². The van der Waals surface area contributed by atoms with Crippen molar-refractivity contribution in [1.29, 1.82) is 0 Å². The van der Waals surface area contributed by atoms with Crippen molar-refractivity contribution < 1.29 is 19.1 Å². The highest BCUT2D eigenvalue weighted by atomic mass is 16.5. The topological polar surface area (TPSA) is 93.9 Å². The fourth-order valence-corrected chi connectivity index (χ4v) is 2.44. The van der Waals surface area contributed by atoms with E-state index in [1.165, 1.54) is 7.11 Å². The standard InChI is InChI=1S/C16H23N3O4/c1-22-11-14(17)16(21)18-12-9-15(20)19(10-12)7-8-23-13-5-3-2-4-6-13/h2-6,12,14H,7-11,17H2,1H3,(H,18,21). The number of methoxy groups -OCH3 is 1.